The lowest BCUT2D eigenvalue weighted by molar-refractivity contribution is 0.721. The van der Waals surface area contributed by atoms with E-state index in [1.54, 1.807) is 6.33 Å². The van der Waals surface area contributed by atoms with Crippen LogP contribution in [-0.2, 0) is 13.0 Å². The van der Waals surface area contributed by atoms with Crippen molar-refractivity contribution >= 4 is 33.8 Å². The van der Waals surface area contributed by atoms with Crippen LogP contribution in [-0.4, -0.2) is 16.5 Å². The van der Waals surface area contributed by atoms with E-state index in [1.807, 2.05) is 24.3 Å². The third-order valence-corrected chi connectivity index (χ3v) is 5.34. The summed E-state index contributed by atoms with van der Waals surface area (Å²) in [6.07, 6.45) is 2.57. The highest BCUT2D eigenvalue weighted by Gasteiger charge is 2.20. The number of nitrogen functional groups attached to an aromatic ring is 1. The van der Waals surface area contributed by atoms with Crippen molar-refractivity contribution < 1.29 is 0 Å². The van der Waals surface area contributed by atoms with E-state index in [4.69, 9.17) is 5.73 Å². The van der Waals surface area contributed by atoms with Gasteiger partial charge in [0.2, 0.25) is 0 Å². The predicted octanol–water partition coefficient (Wildman–Crippen LogP) is 4.52. The van der Waals surface area contributed by atoms with Gasteiger partial charge in [-0.05, 0) is 29.0 Å². The second-order valence-electron chi connectivity index (χ2n) is 7.05. The molecule has 0 aliphatic carbocycles. The summed E-state index contributed by atoms with van der Waals surface area (Å²) in [5.41, 5.74) is 10.8. The molecular formula is C23H21N5. The number of aromatic nitrogens is 2. The summed E-state index contributed by atoms with van der Waals surface area (Å²) in [5.74, 6) is 1.42. The Morgan fingerprint density at radius 1 is 0.857 bits per heavy atom. The van der Waals surface area contributed by atoms with Crippen LogP contribution in [0.25, 0.3) is 10.8 Å². The van der Waals surface area contributed by atoms with Crippen LogP contribution in [0.5, 0.6) is 0 Å². The van der Waals surface area contributed by atoms with Gasteiger partial charge in [0.15, 0.2) is 11.6 Å². The van der Waals surface area contributed by atoms with Gasteiger partial charge in [0.25, 0.3) is 0 Å². The second kappa shape index (κ2) is 6.85. The average molecular weight is 367 g/mol. The zero-order valence-corrected chi connectivity index (χ0v) is 15.5. The molecule has 138 valence electrons. The van der Waals surface area contributed by atoms with Crippen LogP contribution in [0.1, 0.15) is 11.1 Å². The van der Waals surface area contributed by atoms with Gasteiger partial charge < -0.3 is 16.0 Å². The average Bonchev–Trinajstić information content (AvgIpc) is 2.75. The number of fused-ring (bicyclic) bond motifs is 2. The molecule has 3 aromatic carbocycles. The molecular weight excluding hydrogens is 346 g/mol. The number of hydrogen-bond acceptors (Lipinski definition) is 5. The molecule has 1 aromatic heterocycles. The molecule has 0 bridgehead atoms. The van der Waals surface area contributed by atoms with Crippen molar-refractivity contribution in [2.75, 3.05) is 22.5 Å². The molecule has 1 aliphatic rings. The molecule has 3 N–H and O–H groups in total. The lowest BCUT2D eigenvalue weighted by Gasteiger charge is -2.30. The monoisotopic (exact) mass is 367 g/mol. The number of nitrogens with zero attached hydrogens (tertiary/aromatic N) is 3. The van der Waals surface area contributed by atoms with Gasteiger partial charge in [0, 0.05) is 24.2 Å². The summed E-state index contributed by atoms with van der Waals surface area (Å²) < 4.78 is 0. The Bertz CT molecular complexity index is 1150. The van der Waals surface area contributed by atoms with Crippen molar-refractivity contribution in [2.45, 2.75) is 13.0 Å². The van der Waals surface area contributed by atoms with E-state index in [0.717, 1.165) is 36.4 Å². The van der Waals surface area contributed by atoms with Crippen LogP contribution in [0.15, 0.2) is 73.1 Å². The summed E-state index contributed by atoms with van der Waals surface area (Å²) in [6.45, 7) is 1.71. The maximum atomic E-state index is 6.50. The standard InChI is InChI=1S/C23H21N5/c24-21-22(27-20-11-5-9-17-7-3-4-10-19(17)20)25-15-26-23(21)28-13-12-16-6-1-2-8-18(16)14-28/h1-11,15H,12-14,24H2,(H,25,26,27). The van der Waals surface area contributed by atoms with E-state index in [2.05, 4.69) is 62.6 Å². The van der Waals surface area contributed by atoms with Crippen molar-refractivity contribution in [1.82, 2.24) is 9.97 Å². The number of nitrogens with two attached hydrogens (primary N) is 1. The molecule has 0 saturated carbocycles. The summed E-state index contributed by atoms with van der Waals surface area (Å²) in [7, 11) is 0. The number of anilines is 4. The van der Waals surface area contributed by atoms with Crippen LogP contribution < -0.4 is 16.0 Å². The van der Waals surface area contributed by atoms with Crippen LogP contribution in [0.3, 0.4) is 0 Å². The molecule has 5 rings (SSSR count). The fraction of sp³-hybridized carbons (Fsp3) is 0.130. The van der Waals surface area contributed by atoms with Gasteiger partial charge in [-0.2, -0.15) is 0 Å². The number of benzene rings is 3. The molecule has 4 aromatic rings. The van der Waals surface area contributed by atoms with E-state index < -0.39 is 0 Å². The third kappa shape index (κ3) is 2.91. The molecule has 0 atom stereocenters. The molecule has 28 heavy (non-hydrogen) atoms. The first-order valence-corrected chi connectivity index (χ1v) is 9.46. The van der Waals surface area contributed by atoms with Gasteiger partial charge in [-0.3, -0.25) is 0 Å². The van der Waals surface area contributed by atoms with Gasteiger partial charge >= 0.3 is 0 Å². The molecule has 2 heterocycles. The Morgan fingerprint density at radius 3 is 2.57 bits per heavy atom. The summed E-state index contributed by atoms with van der Waals surface area (Å²) in [4.78, 5) is 11.1. The molecule has 1 aliphatic heterocycles. The Labute approximate surface area is 163 Å². The summed E-state index contributed by atoms with van der Waals surface area (Å²) in [6, 6.07) is 23.0. The zero-order chi connectivity index (χ0) is 18.9. The van der Waals surface area contributed by atoms with Gasteiger partial charge in [0.05, 0.1) is 0 Å². The number of hydrogen-bond donors (Lipinski definition) is 2. The van der Waals surface area contributed by atoms with Crippen molar-refractivity contribution in [3.8, 4) is 0 Å². The van der Waals surface area contributed by atoms with Crippen LogP contribution in [0.2, 0.25) is 0 Å². The topological polar surface area (TPSA) is 67.1 Å². The number of rotatable bonds is 3. The van der Waals surface area contributed by atoms with Crippen molar-refractivity contribution in [2.24, 2.45) is 0 Å². The highest BCUT2D eigenvalue weighted by Crippen LogP contribution is 2.33. The molecule has 5 nitrogen and oxygen atoms in total. The van der Waals surface area contributed by atoms with Gasteiger partial charge in [-0.1, -0.05) is 60.7 Å². The van der Waals surface area contributed by atoms with Crippen LogP contribution in [0.4, 0.5) is 23.0 Å². The normalized spacial score (nSPS) is 13.4. The first-order chi connectivity index (χ1) is 13.8. The van der Waals surface area contributed by atoms with E-state index in [1.165, 1.54) is 16.5 Å². The van der Waals surface area contributed by atoms with Crippen molar-refractivity contribution in [3.05, 3.63) is 84.2 Å². The maximum Gasteiger partial charge on any atom is 0.159 e. The highest BCUT2D eigenvalue weighted by molar-refractivity contribution is 5.96. The van der Waals surface area contributed by atoms with E-state index in [9.17, 15) is 0 Å². The maximum absolute atomic E-state index is 6.50. The first-order valence-electron chi connectivity index (χ1n) is 9.46. The van der Waals surface area contributed by atoms with Gasteiger partial charge in [-0.15, -0.1) is 0 Å². The lowest BCUT2D eigenvalue weighted by Crippen LogP contribution is -2.31. The highest BCUT2D eigenvalue weighted by atomic mass is 15.2. The molecule has 5 heteroatoms. The predicted molar refractivity (Wildman–Crippen MR) is 115 cm³/mol. The minimum Gasteiger partial charge on any atom is -0.393 e. The first kappa shape index (κ1) is 16.6. The number of nitrogens with one attached hydrogen (secondary N) is 1. The quantitative estimate of drug-likeness (QED) is 0.557. The smallest absolute Gasteiger partial charge is 0.159 e. The zero-order valence-electron chi connectivity index (χ0n) is 15.5. The SMILES string of the molecule is Nc1c(Nc2cccc3ccccc23)ncnc1N1CCc2ccccc2C1. The van der Waals surface area contributed by atoms with E-state index >= 15 is 0 Å². The Hall–Kier alpha value is -3.60. The minimum atomic E-state index is 0.579. The minimum absolute atomic E-state index is 0.579. The van der Waals surface area contributed by atoms with Crippen LogP contribution in [0, 0.1) is 0 Å². The molecule has 0 unspecified atom stereocenters. The lowest BCUT2D eigenvalue weighted by atomic mass is 10.00. The Morgan fingerprint density at radius 2 is 1.64 bits per heavy atom. The van der Waals surface area contributed by atoms with Crippen LogP contribution >= 0.6 is 0 Å². The fourth-order valence-electron chi connectivity index (χ4n) is 3.88. The Kier molecular flexibility index (Phi) is 4.05. The molecule has 0 amide bonds. The fourth-order valence-corrected chi connectivity index (χ4v) is 3.88. The van der Waals surface area contributed by atoms with Gasteiger partial charge in [0.1, 0.15) is 12.0 Å². The molecule has 0 spiro atoms. The Balaban J connectivity index is 1.48. The second-order valence-corrected chi connectivity index (χ2v) is 7.05. The molecule has 0 fully saturated rings. The van der Waals surface area contributed by atoms with E-state index in [0.29, 0.717) is 11.5 Å². The van der Waals surface area contributed by atoms with E-state index in [-0.39, 0.29) is 0 Å². The summed E-state index contributed by atoms with van der Waals surface area (Å²) >= 11 is 0. The van der Waals surface area contributed by atoms with Gasteiger partial charge in [-0.25, -0.2) is 9.97 Å². The summed E-state index contributed by atoms with van der Waals surface area (Å²) in [5, 5.41) is 5.72. The largest absolute Gasteiger partial charge is 0.393 e. The third-order valence-electron chi connectivity index (χ3n) is 5.34. The van der Waals surface area contributed by atoms with Crippen molar-refractivity contribution in [1.29, 1.82) is 0 Å². The molecule has 0 saturated heterocycles. The van der Waals surface area contributed by atoms with Crippen molar-refractivity contribution in [3.63, 3.8) is 0 Å². The molecule has 0 radical (unpaired) electrons.